The maximum absolute atomic E-state index is 11.4. The molecule has 0 atom stereocenters. The molecule has 0 saturated carbocycles. The van der Waals surface area contributed by atoms with E-state index in [0.717, 1.165) is 5.52 Å². The van der Waals surface area contributed by atoms with Crippen LogP contribution in [0.2, 0.25) is 5.15 Å². The van der Waals surface area contributed by atoms with Crippen molar-refractivity contribution in [3.63, 3.8) is 0 Å². The Morgan fingerprint density at radius 3 is 3.13 bits per heavy atom. The van der Waals surface area contributed by atoms with Crippen molar-refractivity contribution in [2.75, 3.05) is 6.61 Å². The highest BCUT2D eigenvalue weighted by molar-refractivity contribution is 6.32. The molecule has 15 heavy (non-hydrogen) atoms. The summed E-state index contributed by atoms with van der Waals surface area (Å²) in [6.07, 6.45) is 3.20. The van der Waals surface area contributed by atoms with Crippen LogP contribution in [0, 0.1) is 0 Å². The van der Waals surface area contributed by atoms with Crippen LogP contribution in [-0.4, -0.2) is 22.0 Å². The second-order valence-electron chi connectivity index (χ2n) is 2.97. The first kappa shape index (κ1) is 9.98. The van der Waals surface area contributed by atoms with Gasteiger partial charge in [-0.25, -0.2) is 9.78 Å². The predicted molar refractivity (Wildman–Crippen MR) is 56.2 cm³/mol. The largest absolute Gasteiger partial charge is 0.462 e. The number of hydrogen-bond acceptors (Lipinski definition) is 3. The van der Waals surface area contributed by atoms with Crippen LogP contribution in [0.4, 0.5) is 0 Å². The maximum atomic E-state index is 11.4. The third-order valence-electron chi connectivity index (χ3n) is 2.00. The number of carbonyl (C=O) groups excluding carboxylic acids is 1. The molecule has 2 rings (SSSR count). The van der Waals surface area contributed by atoms with E-state index >= 15 is 0 Å². The van der Waals surface area contributed by atoms with E-state index in [9.17, 15) is 4.79 Å². The molecule has 0 unspecified atom stereocenters. The number of ether oxygens (including phenoxy) is 1. The van der Waals surface area contributed by atoms with E-state index in [0.29, 0.717) is 17.3 Å². The molecule has 2 heterocycles. The number of imidazole rings is 1. The van der Waals surface area contributed by atoms with Crippen molar-refractivity contribution < 1.29 is 9.53 Å². The normalized spacial score (nSPS) is 10.5. The molecule has 0 aliphatic heterocycles. The van der Waals surface area contributed by atoms with Gasteiger partial charge in [-0.15, -0.1) is 0 Å². The summed E-state index contributed by atoms with van der Waals surface area (Å²) in [6.45, 7) is 2.13. The van der Waals surface area contributed by atoms with Crippen LogP contribution in [0.3, 0.4) is 0 Å². The van der Waals surface area contributed by atoms with Crippen molar-refractivity contribution in [2.24, 2.45) is 0 Å². The minimum Gasteiger partial charge on any atom is -0.462 e. The lowest BCUT2D eigenvalue weighted by Gasteiger charge is -2.02. The minimum atomic E-state index is -0.343. The first-order valence-corrected chi connectivity index (χ1v) is 4.89. The Morgan fingerprint density at radius 1 is 1.60 bits per heavy atom. The van der Waals surface area contributed by atoms with E-state index in [1.807, 2.05) is 0 Å². The molecule has 5 heteroatoms. The highest BCUT2D eigenvalue weighted by Crippen LogP contribution is 2.16. The van der Waals surface area contributed by atoms with Gasteiger partial charge in [-0.1, -0.05) is 11.6 Å². The monoisotopic (exact) mass is 224 g/mol. The Balaban J connectivity index is 2.43. The van der Waals surface area contributed by atoms with Crippen molar-refractivity contribution in [1.29, 1.82) is 0 Å². The first-order valence-electron chi connectivity index (χ1n) is 4.51. The van der Waals surface area contributed by atoms with Gasteiger partial charge in [-0.2, -0.15) is 0 Å². The van der Waals surface area contributed by atoms with Crippen molar-refractivity contribution in [2.45, 2.75) is 6.92 Å². The molecule has 2 aromatic heterocycles. The average Bonchev–Trinajstić information content (AvgIpc) is 2.60. The van der Waals surface area contributed by atoms with Gasteiger partial charge in [0.05, 0.1) is 17.7 Å². The molecule has 0 amide bonds. The Labute approximate surface area is 91.4 Å². The molecular weight excluding hydrogens is 216 g/mol. The number of pyridine rings is 1. The summed E-state index contributed by atoms with van der Waals surface area (Å²) in [5.74, 6) is -0.343. The van der Waals surface area contributed by atoms with E-state index in [1.165, 1.54) is 0 Å². The zero-order valence-electron chi connectivity index (χ0n) is 8.11. The SMILES string of the molecule is CCOC(=O)c1ccc2c(Cl)ncn2c1. The summed E-state index contributed by atoms with van der Waals surface area (Å²) in [6, 6.07) is 3.41. The Morgan fingerprint density at radius 2 is 2.40 bits per heavy atom. The molecule has 2 aromatic rings. The molecule has 0 aliphatic carbocycles. The second kappa shape index (κ2) is 3.90. The Bertz CT molecular complexity index is 507. The van der Waals surface area contributed by atoms with Crippen molar-refractivity contribution >= 4 is 23.1 Å². The highest BCUT2D eigenvalue weighted by Gasteiger charge is 2.08. The van der Waals surface area contributed by atoms with Gasteiger partial charge in [0.1, 0.15) is 6.33 Å². The minimum absolute atomic E-state index is 0.343. The van der Waals surface area contributed by atoms with Crippen LogP contribution >= 0.6 is 11.6 Å². The van der Waals surface area contributed by atoms with Gasteiger partial charge in [-0.3, -0.25) is 0 Å². The quantitative estimate of drug-likeness (QED) is 0.735. The van der Waals surface area contributed by atoms with Crippen LogP contribution in [0.5, 0.6) is 0 Å². The summed E-state index contributed by atoms with van der Waals surface area (Å²) in [4.78, 5) is 15.3. The smallest absolute Gasteiger partial charge is 0.339 e. The fraction of sp³-hybridized carbons (Fsp3) is 0.200. The number of nitrogens with zero attached hydrogens (tertiary/aromatic N) is 2. The summed E-state index contributed by atoms with van der Waals surface area (Å²) < 4.78 is 6.57. The molecule has 0 N–H and O–H groups in total. The van der Waals surface area contributed by atoms with Crippen LogP contribution in [0.25, 0.3) is 5.52 Å². The Hall–Kier alpha value is -1.55. The first-order chi connectivity index (χ1) is 7.22. The molecule has 0 saturated heterocycles. The number of aromatic nitrogens is 2. The zero-order valence-corrected chi connectivity index (χ0v) is 8.86. The summed E-state index contributed by atoms with van der Waals surface area (Å²) in [7, 11) is 0. The van der Waals surface area contributed by atoms with Crippen molar-refractivity contribution in [3.8, 4) is 0 Å². The molecule has 0 bridgehead atoms. The summed E-state index contributed by atoms with van der Waals surface area (Å²) in [5.41, 5.74) is 1.25. The fourth-order valence-corrected chi connectivity index (χ4v) is 1.51. The lowest BCUT2D eigenvalue weighted by atomic mass is 10.3. The van der Waals surface area contributed by atoms with Gasteiger partial charge in [0.2, 0.25) is 0 Å². The molecule has 78 valence electrons. The second-order valence-corrected chi connectivity index (χ2v) is 3.32. The zero-order chi connectivity index (χ0) is 10.8. The number of halogens is 1. The van der Waals surface area contributed by atoms with Gasteiger partial charge in [0, 0.05) is 6.20 Å². The number of fused-ring (bicyclic) bond motifs is 1. The van der Waals surface area contributed by atoms with Crippen molar-refractivity contribution in [1.82, 2.24) is 9.38 Å². The number of rotatable bonds is 2. The van der Waals surface area contributed by atoms with Gasteiger partial charge in [-0.05, 0) is 19.1 Å². The number of carbonyl (C=O) groups is 1. The van der Waals surface area contributed by atoms with E-state index in [2.05, 4.69) is 4.98 Å². The van der Waals surface area contributed by atoms with E-state index < -0.39 is 0 Å². The average molecular weight is 225 g/mol. The van der Waals surface area contributed by atoms with Crippen LogP contribution in [0.15, 0.2) is 24.7 Å². The lowest BCUT2D eigenvalue weighted by Crippen LogP contribution is -2.05. The Kier molecular flexibility index (Phi) is 2.60. The lowest BCUT2D eigenvalue weighted by molar-refractivity contribution is 0.0526. The predicted octanol–water partition coefficient (Wildman–Crippen LogP) is 2.16. The van der Waals surface area contributed by atoms with Crippen molar-refractivity contribution in [3.05, 3.63) is 35.4 Å². The summed E-state index contributed by atoms with van der Waals surface area (Å²) >= 11 is 5.82. The molecule has 0 aliphatic rings. The standard InChI is InChI=1S/C10H9ClN2O2/c1-2-15-10(14)7-3-4-8-9(11)12-6-13(8)5-7/h3-6H,2H2,1H3. The maximum Gasteiger partial charge on any atom is 0.339 e. The van der Waals surface area contributed by atoms with E-state index in [4.69, 9.17) is 16.3 Å². The molecule has 0 radical (unpaired) electrons. The van der Waals surface area contributed by atoms with Crippen LogP contribution < -0.4 is 0 Å². The molecule has 0 aromatic carbocycles. The van der Waals surface area contributed by atoms with E-state index in [-0.39, 0.29) is 5.97 Å². The number of hydrogen-bond donors (Lipinski definition) is 0. The van der Waals surface area contributed by atoms with Gasteiger partial charge in [0.15, 0.2) is 5.15 Å². The van der Waals surface area contributed by atoms with Crippen LogP contribution in [0.1, 0.15) is 17.3 Å². The third-order valence-corrected chi connectivity index (χ3v) is 2.29. The fourth-order valence-electron chi connectivity index (χ4n) is 1.30. The molecule has 0 spiro atoms. The molecular formula is C10H9ClN2O2. The van der Waals surface area contributed by atoms with E-state index in [1.54, 1.807) is 36.0 Å². The van der Waals surface area contributed by atoms with Gasteiger partial charge < -0.3 is 9.14 Å². The highest BCUT2D eigenvalue weighted by atomic mass is 35.5. The topological polar surface area (TPSA) is 43.6 Å². The molecule has 0 fully saturated rings. The van der Waals surface area contributed by atoms with Crippen LogP contribution in [-0.2, 0) is 4.74 Å². The molecule has 4 nitrogen and oxygen atoms in total. The number of esters is 1. The summed E-state index contributed by atoms with van der Waals surface area (Å²) in [5, 5.41) is 0.422. The van der Waals surface area contributed by atoms with Gasteiger partial charge >= 0.3 is 5.97 Å². The van der Waals surface area contributed by atoms with Gasteiger partial charge in [0.25, 0.3) is 0 Å². The third kappa shape index (κ3) is 1.80.